The molecule has 0 radical (unpaired) electrons. The topological polar surface area (TPSA) is 46.2 Å². The van der Waals surface area contributed by atoms with Crippen LogP contribution in [0.15, 0.2) is 16.8 Å². The lowest BCUT2D eigenvalue weighted by Gasteiger charge is -2.25. The fourth-order valence-electron chi connectivity index (χ4n) is 1.75. The van der Waals surface area contributed by atoms with E-state index in [-0.39, 0.29) is 0 Å². The van der Waals surface area contributed by atoms with Gasteiger partial charge in [0, 0.05) is 13.0 Å². The van der Waals surface area contributed by atoms with Crippen molar-refractivity contribution in [3.8, 4) is 0 Å². The van der Waals surface area contributed by atoms with Crippen LogP contribution in [0.3, 0.4) is 0 Å². The first-order chi connectivity index (χ1) is 6.24. The summed E-state index contributed by atoms with van der Waals surface area (Å²) in [5.41, 5.74) is 6.19. The zero-order chi connectivity index (χ0) is 9.31. The van der Waals surface area contributed by atoms with Gasteiger partial charge in [0.2, 0.25) is 0 Å². The van der Waals surface area contributed by atoms with Crippen LogP contribution in [0.5, 0.6) is 0 Å². The molecule has 0 aliphatic heterocycles. The van der Waals surface area contributed by atoms with E-state index in [0.717, 1.165) is 19.3 Å². The molecule has 1 fully saturated rings. The van der Waals surface area contributed by atoms with Crippen molar-refractivity contribution in [1.82, 2.24) is 0 Å². The Morgan fingerprint density at radius 3 is 2.85 bits per heavy atom. The van der Waals surface area contributed by atoms with Gasteiger partial charge >= 0.3 is 0 Å². The molecule has 0 bridgehead atoms. The number of thiophene rings is 1. The van der Waals surface area contributed by atoms with Crippen LogP contribution in [-0.2, 0) is 6.42 Å². The summed E-state index contributed by atoms with van der Waals surface area (Å²) in [5, 5.41) is 14.3. The summed E-state index contributed by atoms with van der Waals surface area (Å²) in [6.07, 6.45) is 2.99. The van der Waals surface area contributed by atoms with Gasteiger partial charge in [-0.25, -0.2) is 0 Å². The predicted molar refractivity (Wildman–Crippen MR) is 54.8 cm³/mol. The van der Waals surface area contributed by atoms with Gasteiger partial charge in [0.1, 0.15) is 0 Å². The Morgan fingerprint density at radius 2 is 2.38 bits per heavy atom. The Labute approximate surface area is 82.4 Å². The molecule has 2 rings (SSSR count). The van der Waals surface area contributed by atoms with Crippen molar-refractivity contribution >= 4 is 11.3 Å². The number of nitrogens with two attached hydrogens (primary N) is 1. The first-order valence-electron chi connectivity index (χ1n) is 4.68. The third-order valence-corrected chi connectivity index (χ3v) is 3.51. The van der Waals surface area contributed by atoms with Crippen LogP contribution in [0.2, 0.25) is 0 Å². The number of rotatable bonds is 4. The van der Waals surface area contributed by atoms with E-state index in [1.54, 1.807) is 11.3 Å². The lowest BCUT2D eigenvalue weighted by atomic mass is 9.91. The van der Waals surface area contributed by atoms with Gasteiger partial charge in [-0.05, 0) is 41.1 Å². The average molecular weight is 197 g/mol. The summed E-state index contributed by atoms with van der Waals surface area (Å²) in [6.45, 7) is 0.382. The van der Waals surface area contributed by atoms with Crippen molar-refractivity contribution in [2.45, 2.75) is 24.9 Å². The molecule has 1 heterocycles. The Balaban J connectivity index is 2.05. The van der Waals surface area contributed by atoms with Gasteiger partial charge in [0.05, 0.1) is 5.60 Å². The lowest BCUT2D eigenvalue weighted by molar-refractivity contribution is 0.0268. The second-order valence-electron chi connectivity index (χ2n) is 3.89. The quantitative estimate of drug-likeness (QED) is 0.766. The van der Waals surface area contributed by atoms with Gasteiger partial charge < -0.3 is 10.8 Å². The molecule has 3 heteroatoms. The molecule has 1 aliphatic carbocycles. The van der Waals surface area contributed by atoms with E-state index in [1.807, 2.05) is 5.38 Å². The first-order valence-corrected chi connectivity index (χ1v) is 5.62. The van der Waals surface area contributed by atoms with Gasteiger partial charge in [0.25, 0.3) is 0 Å². The second kappa shape index (κ2) is 3.40. The van der Waals surface area contributed by atoms with Crippen molar-refractivity contribution in [2.75, 3.05) is 6.54 Å². The summed E-state index contributed by atoms with van der Waals surface area (Å²) in [6, 6.07) is 2.06. The van der Waals surface area contributed by atoms with Crippen molar-refractivity contribution in [3.05, 3.63) is 22.4 Å². The third kappa shape index (κ3) is 1.93. The zero-order valence-corrected chi connectivity index (χ0v) is 8.39. The molecule has 0 spiro atoms. The number of aliphatic hydroxyl groups is 1. The van der Waals surface area contributed by atoms with E-state index in [2.05, 4.69) is 11.4 Å². The highest BCUT2D eigenvalue weighted by molar-refractivity contribution is 7.07. The van der Waals surface area contributed by atoms with Gasteiger partial charge in [-0.1, -0.05) is 0 Å². The average Bonchev–Trinajstić information content (AvgIpc) is 2.88. The predicted octanol–water partition coefficient (Wildman–Crippen LogP) is 1.39. The summed E-state index contributed by atoms with van der Waals surface area (Å²) >= 11 is 1.67. The van der Waals surface area contributed by atoms with Crippen LogP contribution in [0, 0.1) is 5.92 Å². The highest BCUT2D eigenvalue weighted by atomic mass is 32.1. The molecule has 72 valence electrons. The molecule has 1 aromatic heterocycles. The summed E-state index contributed by atoms with van der Waals surface area (Å²) in [4.78, 5) is 0. The number of hydrogen-bond donors (Lipinski definition) is 2. The highest BCUT2D eigenvalue weighted by Gasteiger charge is 2.42. The number of hydrogen-bond acceptors (Lipinski definition) is 3. The van der Waals surface area contributed by atoms with Crippen LogP contribution in [-0.4, -0.2) is 17.3 Å². The molecule has 0 aromatic carbocycles. The Morgan fingerprint density at radius 1 is 1.62 bits per heavy atom. The highest BCUT2D eigenvalue weighted by Crippen LogP contribution is 2.41. The fraction of sp³-hybridized carbons (Fsp3) is 0.600. The van der Waals surface area contributed by atoms with Crippen molar-refractivity contribution < 1.29 is 5.11 Å². The second-order valence-corrected chi connectivity index (χ2v) is 4.67. The lowest BCUT2D eigenvalue weighted by Crippen LogP contribution is -2.42. The van der Waals surface area contributed by atoms with E-state index in [0.29, 0.717) is 12.5 Å². The monoisotopic (exact) mass is 197 g/mol. The molecule has 2 nitrogen and oxygen atoms in total. The fourth-order valence-corrected chi connectivity index (χ4v) is 2.42. The normalized spacial score (nSPS) is 21.4. The SMILES string of the molecule is NCC(O)(Cc1ccsc1)C1CC1. The summed E-state index contributed by atoms with van der Waals surface area (Å²) in [7, 11) is 0. The van der Waals surface area contributed by atoms with E-state index in [4.69, 9.17) is 5.73 Å². The van der Waals surface area contributed by atoms with Gasteiger partial charge in [-0.2, -0.15) is 11.3 Å². The minimum atomic E-state index is -0.638. The molecule has 0 amide bonds. The Bertz CT molecular complexity index is 268. The minimum absolute atomic E-state index is 0.382. The maximum absolute atomic E-state index is 10.2. The molecule has 1 saturated carbocycles. The van der Waals surface area contributed by atoms with Crippen molar-refractivity contribution in [3.63, 3.8) is 0 Å². The largest absolute Gasteiger partial charge is 0.388 e. The molecule has 1 aliphatic rings. The van der Waals surface area contributed by atoms with Crippen LogP contribution >= 0.6 is 11.3 Å². The molecule has 1 unspecified atom stereocenters. The Hall–Kier alpha value is -0.380. The minimum Gasteiger partial charge on any atom is -0.388 e. The first kappa shape index (κ1) is 9.19. The van der Waals surface area contributed by atoms with Crippen LogP contribution in [0.1, 0.15) is 18.4 Å². The van der Waals surface area contributed by atoms with E-state index < -0.39 is 5.60 Å². The zero-order valence-electron chi connectivity index (χ0n) is 7.57. The maximum Gasteiger partial charge on any atom is 0.0837 e. The van der Waals surface area contributed by atoms with E-state index >= 15 is 0 Å². The molecule has 3 N–H and O–H groups in total. The summed E-state index contributed by atoms with van der Waals surface area (Å²) in [5.74, 6) is 0.442. The molecular weight excluding hydrogens is 182 g/mol. The van der Waals surface area contributed by atoms with E-state index in [9.17, 15) is 5.11 Å². The molecule has 13 heavy (non-hydrogen) atoms. The molecular formula is C10H15NOS. The summed E-state index contributed by atoms with van der Waals surface area (Å²) < 4.78 is 0. The molecule has 1 atom stereocenters. The molecule has 0 saturated heterocycles. The smallest absolute Gasteiger partial charge is 0.0837 e. The van der Waals surface area contributed by atoms with Crippen molar-refractivity contribution in [2.24, 2.45) is 11.7 Å². The third-order valence-electron chi connectivity index (χ3n) is 2.78. The van der Waals surface area contributed by atoms with E-state index in [1.165, 1.54) is 5.56 Å². The van der Waals surface area contributed by atoms with Crippen molar-refractivity contribution in [1.29, 1.82) is 0 Å². The standard InChI is InChI=1S/C10H15NOS/c11-7-10(12,9-1-2-9)5-8-3-4-13-6-8/h3-4,6,9,12H,1-2,5,7,11H2. The Kier molecular flexibility index (Phi) is 2.41. The van der Waals surface area contributed by atoms with Gasteiger partial charge in [-0.3, -0.25) is 0 Å². The maximum atomic E-state index is 10.2. The van der Waals surface area contributed by atoms with Crippen LogP contribution in [0.4, 0.5) is 0 Å². The van der Waals surface area contributed by atoms with Crippen LogP contribution in [0.25, 0.3) is 0 Å². The van der Waals surface area contributed by atoms with Gasteiger partial charge in [0.15, 0.2) is 0 Å². The molecule has 1 aromatic rings. The van der Waals surface area contributed by atoms with Gasteiger partial charge in [-0.15, -0.1) is 0 Å². The van der Waals surface area contributed by atoms with Crippen LogP contribution < -0.4 is 5.73 Å².